The van der Waals surface area contributed by atoms with Crippen LogP contribution in [0.5, 0.6) is 0 Å². The van der Waals surface area contributed by atoms with Crippen LogP contribution in [0, 0.1) is 0 Å². The molecule has 98 heavy (non-hydrogen) atoms. The van der Waals surface area contributed by atoms with E-state index in [0.29, 0.717) is 17.4 Å². The Hall–Kier alpha value is -3.59. The van der Waals surface area contributed by atoms with Crippen LogP contribution in [0.25, 0.3) is 0 Å². The van der Waals surface area contributed by atoms with Gasteiger partial charge in [-0.2, -0.15) is 0 Å². The van der Waals surface area contributed by atoms with Gasteiger partial charge in [-0.3, -0.25) is 14.2 Å². The van der Waals surface area contributed by atoms with Crippen molar-refractivity contribution in [2.45, 2.75) is 380 Å². The second kappa shape index (κ2) is 77.6. The molecule has 0 radical (unpaired) electrons. The summed E-state index contributed by atoms with van der Waals surface area (Å²) >= 11 is 0. The second-order valence-corrected chi connectivity index (χ2v) is 30.2. The summed E-state index contributed by atoms with van der Waals surface area (Å²) in [6, 6.07) is 0. The Labute approximate surface area is 607 Å². The van der Waals surface area contributed by atoms with Gasteiger partial charge in [0.2, 0.25) is 0 Å². The minimum absolute atomic E-state index is 0.0361. The number of allylic oxidation sites excluding steroid dienone is 20. The number of hydrogen-bond acceptors (Lipinski definition) is 8. The van der Waals surface area contributed by atoms with Crippen molar-refractivity contribution in [3.05, 3.63) is 122 Å². The lowest BCUT2D eigenvalue weighted by Crippen LogP contribution is -2.37. The molecule has 0 aliphatic heterocycles. The largest absolute Gasteiger partial charge is 0.756 e. The van der Waals surface area contributed by atoms with E-state index in [1.54, 1.807) is 0 Å². The first-order valence-corrected chi connectivity index (χ1v) is 42.7. The van der Waals surface area contributed by atoms with Gasteiger partial charge in [-0.05, 0) is 89.9 Å². The number of ether oxygens (including phenoxy) is 2. The molecule has 0 heterocycles. The van der Waals surface area contributed by atoms with Crippen molar-refractivity contribution in [1.82, 2.24) is 0 Å². The third-order valence-electron chi connectivity index (χ3n) is 18.0. The van der Waals surface area contributed by atoms with E-state index in [9.17, 15) is 19.0 Å². The van der Waals surface area contributed by atoms with Crippen molar-refractivity contribution in [2.75, 3.05) is 47.5 Å². The van der Waals surface area contributed by atoms with Crippen molar-refractivity contribution in [3.63, 3.8) is 0 Å². The number of carbonyl (C=O) groups is 2. The summed E-state index contributed by atoms with van der Waals surface area (Å²) in [5.41, 5.74) is 0. The normalized spacial score (nSPS) is 13.7. The third-order valence-corrected chi connectivity index (χ3v) is 19.0. The first-order valence-electron chi connectivity index (χ1n) is 41.2. The van der Waals surface area contributed by atoms with Gasteiger partial charge in [-0.25, -0.2) is 0 Å². The summed E-state index contributed by atoms with van der Waals surface area (Å²) < 4.78 is 34.4. The summed E-state index contributed by atoms with van der Waals surface area (Å²) in [4.78, 5) is 38.2. The monoisotopic (exact) mass is 1390 g/mol. The molecule has 0 saturated carbocycles. The third kappa shape index (κ3) is 81.4. The first-order chi connectivity index (χ1) is 48.0. The molecule has 9 nitrogen and oxygen atoms in total. The Morgan fingerprint density at radius 3 is 0.867 bits per heavy atom. The van der Waals surface area contributed by atoms with E-state index >= 15 is 0 Å². The Bertz CT molecular complexity index is 2070. The van der Waals surface area contributed by atoms with Crippen molar-refractivity contribution < 1.29 is 42.1 Å². The van der Waals surface area contributed by atoms with Crippen LogP contribution in [0.2, 0.25) is 0 Å². The average Bonchev–Trinajstić information content (AvgIpc) is 1.23. The van der Waals surface area contributed by atoms with Crippen LogP contribution < -0.4 is 4.89 Å². The van der Waals surface area contributed by atoms with Crippen LogP contribution in [-0.4, -0.2) is 70.0 Å². The Morgan fingerprint density at radius 2 is 0.582 bits per heavy atom. The van der Waals surface area contributed by atoms with Gasteiger partial charge in [0.1, 0.15) is 19.8 Å². The van der Waals surface area contributed by atoms with Crippen molar-refractivity contribution in [3.8, 4) is 0 Å². The van der Waals surface area contributed by atoms with Crippen LogP contribution in [0.3, 0.4) is 0 Å². The lowest BCUT2D eigenvalue weighted by Gasteiger charge is -2.28. The highest BCUT2D eigenvalue weighted by Crippen LogP contribution is 2.38. The van der Waals surface area contributed by atoms with E-state index in [4.69, 9.17) is 18.5 Å². The van der Waals surface area contributed by atoms with Gasteiger partial charge in [0.15, 0.2) is 6.10 Å². The van der Waals surface area contributed by atoms with E-state index in [-0.39, 0.29) is 32.0 Å². The summed E-state index contributed by atoms with van der Waals surface area (Å²) in [6.07, 6.45) is 112. The smallest absolute Gasteiger partial charge is 0.306 e. The molecule has 0 spiro atoms. The lowest BCUT2D eigenvalue weighted by molar-refractivity contribution is -0.870. The van der Waals surface area contributed by atoms with E-state index in [0.717, 1.165) is 109 Å². The summed E-state index contributed by atoms with van der Waals surface area (Å²) in [7, 11) is 1.16. The van der Waals surface area contributed by atoms with Crippen LogP contribution in [0.4, 0.5) is 0 Å². The summed E-state index contributed by atoms with van der Waals surface area (Å²) in [5, 5.41) is 0. The molecule has 0 aromatic rings. The molecule has 0 rings (SSSR count). The van der Waals surface area contributed by atoms with Gasteiger partial charge in [0.25, 0.3) is 7.82 Å². The zero-order valence-corrected chi connectivity index (χ0v) is 65.6. The van der Waals surface area contributed by atoms with E-state index < -0.39 is 26.5 Å². The molecule has 0 bridgehead atoms. The maximum absolute atomic E-state index is 12.9. The highest BCUT2D eigenvalue weighted by Gasteiger charge is 2.22. The Balaban J connectivity index is 4.00. The Morgan fingerprint density at radius 1 is 0.327 bits per heavy atom. The molecular formula is C88H156NO8P. The van der Waals surface area contributed by atoms with Gasteiger partial charge < -0.3 is 27.9 Å². The molecule has 2 unspecified atom stereocenters. The van der Waals surface area contributed by atoms with Gasteiger partial charge >= 0.3 is 11.9 Å². The zero-order chi connectivity index (χ0) is 71.1. The molecule has 0 aromatic carbocycles. The molecule has 0 amide bonds. The van der Waals surface area contributed by atoms with Crippen molar-refractivity contribution in [1.29, 1.82) is 0 Å². The molecule has 0 fully saturated rings. The van der Waals surface area contributed by atoms with Gasteiger partial charge in [-0.15, -0.1) is 0 Å². The number of phosphoric acid groups is 1. The van der Waals surface area contributed by atoms with Crippen LogP contribution in [-0.2, 0) is 32.7 Å². The fourth-order valence-electron chi connectivity index (χ4n) is 11.7. The van der Waals surface area contributed by atoms with Crippen LogP contribution in [0.1, 0.15) is 373 Å². The molecular weight excluding hydrogens is 1230 g/mol. The number of rotatable bonds is 76. The minimum Gasteiger partial charge on any atom is -0.756 e. The number of hydrogen-bond donors (Lipinski definition) is 0. The zero-order valence-electron chi connectivity index (χ0n) is 64.7. The molecule has 0 aromatic heterocycles. The van der Waals surface area contributed by atoms with E-state index in [2.05, 4.69) is 135 Å². The molecule has 0 aliphatic rings. The van der Waals surface area contributed by atoms with Gasteiger partial charge in [-0.1, -0.05) is 392 Å². The summed E-state index contributed by atoms with van der Waals surface area (Å²) in [5.74, 6) is -0.834. The quantitative estimate of drug-likeness (QED) is 0.0195. The molecule has 0 aliphatic carbocycles. The topological polar surface area (TPSA) is 111 Å². The number of likely N-dealkylation sites (N-methyl/N-ethyl adjacent to an activating group) is 1. The number of nitrogens with zero attached hydrogens (tertiary/aromatic N) is 1. The fraction of sp³-hybridized carbons (Fsp3) is 0.750. The predicted molar refractivity (Wildman–Crippen MR) is 425 cm³/mol. The molecule has 0 N–H and O–H groups in total. The maximum atomic E-state index is 12.9. The first kappa shape index (κ1) is 94.4. The molecule has 2 atom stereocenters. The predicted octanol–water partition coefficient (Wildman–Crippen LogP) is 27.1. The minimum atomic E-state index is -4.65. The maximum Gasteiger partial charge on any atom is 0.306 e. The highest BCUT2D eigenvalue weighted by molar-refractivity contribution is 7.45. The van der Waals surface area contributed by atoms with Crippen molar-refractivity contribution >= 4 is 19.8 Å². The van der Waals surface area contributed by atoms with Crippen LogP contribution in [0.15, 0.2) is 122 Å². The summed E-state index contributed by atoms with van der Waals surface area (Å²) in [6.45, 7) is 4.16. The molecule has 0 saturated heterocycles. The fourth-order valence-corrected chi connectivity index (χ4v) is 12.5. The van der Waals surface area contributed by atoms with Gasteiger partial charge in [0, 0.05) is 12.8 Å². The number of carbonyl (C=O) groups excluding carboxylic acids is 2. The number of quaternary nitrogens is 1. The highest BCUT2D eigenvalue weighted by atomic mass is 31.2. The number of unbranched alkanes of at least 4 members (excludes halogenated alkanes) is 42. The van der Waals surface area contributed by atoms with Crippen molar-refractivity contribution in [2.24, 2.45) is 0 Å². The molecule has 10 heteroatoms. The molecule has 566 valence electrons. The van der Waals surface area contributed by atoms with Crippen LogP contribution >= 0.6 is 7.82 Å². The number of esters is 2. The van der Waals surface area contributed by atoms with E-state index in [1.165, 1.54) is 231 Å². The lowest BCUT2D eigenvalue weighted by atomic mass is 10.0. The van der Waals surface area contributed by atoms with E-state index in [1.807, 2.05) is 21.1 Å². The standard InChI is InChI=1S/C88H156NO8P/c1-6-8-10-12-14-16-18-20-22-24-26-28-30-32-34-36-38-40-42-43-44-45-47-49-51-53-55-57-59-61-63-65-67-69-71-73-75-77-79-81-88(91)97-86(85-96-98(92,93)95-83-82-89(3,4)5)84-94-87(90)80-78-76-74-72-70-68-66-64-62-60-58-56-54-52-50-48-46-41-39-37-35-33-31-29-27-25-23-21-19-17-15-13-11-9-7-2/h8,10,14,16,20,22,26,28,32,34,38,40,43-44,47,49,53,55,59,61,86H,6-7,9,11-13,15,17-19,21,23-25,27,29-31,33,35-37,39,41-42,45-46,48,50-52,54,56-58,60,62-85H2,1-5H3/b10-8-,16-14-,22-20-,28-26-,34-32-,40-38-,44-43-,49-47-,55-53-,61-59-. The SMILES string of the molecule is CC/C=C\C/C=C\C/C=C\C/C=C\C/C=C\C/C=C\C/C=C\C/C=C\C/C=C\C/C=C\CCCCCCCCCCC(=O)OC(COC(=O)CCCCCCCCCCCCCCCCCCCCCCCCCCCCCCCCCCCCC)COP(=O)([O-])OCC[N+](C)(C)C. The Kier molecular flexibility index (Phi) is 74.7. The average molecular weight is 1390 g/mol. The van der Waals surface area contributed by atoms with Gasteiger partial charge in [0.05, 0.1) is 27.7 Å². The number of phosphoric ester groups is 1. The second-order valence-electron chi connectivity index (χ2n) is 28.8.